The Labute approximate surface area is 190 Å². The first-order valence-corrected chi connectivity index (χ1v) is 10.2. The van der Waals surface area contributed by atoms with Gasteiger partial charge in [0.25, 0.3) is 5.89 Å². The third-order valence-corrected chi connectivity index (χ3v) is 4.81. The van der Waals surface area contributed by atoms with Crippen LogP contribution in [-0.4, -0.2) is 41.4 Å². The Hall–Kier alpha value is -1.68. The molecule has 0 bridgehead atoms. The SMILES string of the molecule is CCCc1noc(-c2cccc(CN=C(NCC)NCC3(C)CCCO3)c2)n1.I. The number of aromatic nitrogens is 2. The van der Waals surface area contributed by atoms with Gasteiger partial charge in [-0.15, -0.1) is 24.0 Å². The molecule has 1 saturated heterocycles. The topological polar surface area (TPSA) is 84.6 Å². The van der Waals surface area contributed by atoms with Crippen molar-refractivity contribution in [1.29, 1.82) is 0 Å². The summed E-state index contributed by atoms with van der Waals surface area (Å²) in [5, 5.41) is 10.7. The van der Waals surface area contributed by atoms with Crippen LogP contribution in [0.5, 0.6) is 0 Å². The second-order valence-corrected chi connectivity index (χ2v) is 7.42. The third-order valence-electron chi connectivity index (χ3n) is 4.81. The molecule has 2 aromatic rings. The van der Waals surface area contributed by atoms with E-state index in [1.165, 1.54) is 0 Å². The molecule has 0 amide bonds. The van der Waals surface area contributed by atoms with Crippen molar-refractivity contribution in [1.82, 2.24) is 20.8 Å². The summed E-state index contributed by atoms with van der Waals surface area (Å²) in [6.45, 7) is 9.29. The first kappa shape index (κ1) is 23.6. The first-order valence-electron chi connectivity index (χ1n) is 10.2. The molecule has 0 saturated carbocycles. The highest BCUT2D eigenvalue weighted by Crippen LogP contribution is 2.24. The maximum absolute atomic E-state index is 5.85. The van der Waals surface area contributed by atoms with Crippen molar-refractivity contribution >= 4 is 29.9 Å². The van der Waals surface area contributed by atoms with E-state index in [0.717, 1.165) is 68.3 Å². The van der Waals surface area contributed by atoms with E-state index in [9.17, 15) is 0 Å². The minimum Gasteiger partial charge on any atom is -0.373 e. The maximum atomic E-state index is 5.85. The molecule has 0 aliphatic carbocycles. The van der Waals surface area contributed by atoms with Gasteiger partial charge < -0.3 is 19.9 Å². The van der Waals surface area contributed by atoms with Gasteiger partial charge in [-0.25, -0.2) is 4.99 Å². The highest BCUT2D eigenvalue weighted by molar-refractivity contribution is 14.0. The lowest BCUT2D eigenvalue weighted by molar-refractivity contribution is 0.0243. The van der Waals surface area contributed by atoms with Gasteiger partial charge in [0.2, 0.25) is 0 Å². The molecule has 1 aliphatic rings. The lowest BCUT2D eigenvalue weighted by Crippen LogP contribution is -2.45. The van der Waals surface area contributed by atoms with Gasteiger partial charge in [0, 0.05) is 31.7 Å². The second kappa shape index (κ2) is 11.5. The van der Waals surface area contributed by atoms with Crippen LogP contribution in [0.15, 0.2) is 33.8 Å². The minimum atomic E-state index is -0.107. The Morgan fingerprint density at radius 2 is 2.14 bits per heavy atom. The number of nitrogens with one attached hydrogen (secondary N) is 2. The molecule has 29 heavy (non-hydrogen) atoms. The Balaban J connectivity index is 0.00000300. The Morgan fingerprint density at radius 1 is 1.28 bits per heavy atom. The van der Waals surface area contributed by atoms with E-state index in [2.05, 4.69) is 53.7 Å². The number of hydrogen-bond donors (Lipinski definition) is 2. The molecule has 0 spiro atoms. The Morgan fingerprint density at radius 3 is 2.86 bits per heavy atom. The Bertz CT molecular complexity index is 787. The molecule has 7 nitrogen and oxygen atoms in total. The molecule has 160 valence electrons. The highest BCUT2D eigenvalue weighted by atomic mass is 127. The van der Waals surface area contributed by atoms with Crippen LogP contribution in [0.25, 0.3) is 11.5 Å². The van der Waals surface area contributed by atoms with Gasteiger partial charge in [-0.3, -0.25) is 0 Å². The van der Waals surface area contributed by atoms with E-state index in [1.54, 1.807) is 0 Å². The van der Waals surface area contributed by atoms with E-state index in [4.69, 9.17) is 14.3 Å². The van der Waals surface area contributed by atoms with Crippen LogP contribution in [0.4, 0.5) is 0 Å². The summed E-state index contributed by atoms with van der Waals surface area (Å²) < 4.78 is 11.2. The minimum absolute atomic E-state index is 0. The number of benzene rings is 1. The largest absolute Gasteiger partial charge is 0.373 e. The van der Waals surface area contributed by atoms with E-state index in [0.29, 0.717) is 12.4 Å². The smallest absolute Gasteiger partial charge is 0.257 e. The number of ether oxygens (including phenoxy) is 1. The molecule has 1 unspecified atom stereocenters. The number of aliphatic imine (C=N–C) groups is 1. The van der Waals surface area contributed by atoms with E-state index in [-0.39, 0.29) is 29.6 Å². The molecular weight excluding hydrogens is 481 g/mol. The fraction of sp³-hybridized carbons (Fsp3) is 0.571. The standard InChI is InChI=1S/C21H31N5O2.HI/c1-4-8-18-25-19(28-26-18)17-10-6-9-16(13-17)14-23-20(22-5-2)24-15-21(3)11-7-12-27-21;/h6,9-10,13H,4-5,7-8,11-12,14-15H2,1-3H3,(H2,22,23,24);1H. The molecule has 1 fully saturated rings. The summed E-state index contributed by atoms with van der Waals surface area (Å²) >= 11 is 0. The number of guanidine groups is 1. The van der Waals surface area contributed by atoms with Crippen molar-refractivity contribution in [2.24, 2.45) is 4.99 Å². The number of halogens is 1. The molecule has 0 radical (unpaired) electrons. The fourth-order valence-electron chi connectivity index (χ4n) is 3.26. The zero-order valence-corrected chi connectivity index (χ0v) is 19.9. The molecular formula is C21H32IN5O2. The second-order valence-electron chi connectivity index (χ2n) is 7.42. The summed E-state index contributed by atoms with van der Waals surface area (Å²) in [7, 11) is 0. The predicted molar refractivity (Wildman–Crippen MR) is 126 cm³/mol. The monoisotopic (exact) mass is 513 g/mol. The van der Waals surface area contributed by atoms with Crippen LogP contribution in [0.2, 0.25) is 0 Å². The molecule has 1 atom stereocenters. The molecule has 2 heterocycles. The van der Waals surface area contributed by atoms with Gasteiger partial charge in [0.05, 0.1) is 12.1 Å². The van der Waals surface area contributed by atoms with E-state index >= 15 is 0 Å². The van der Waals surface area contributed by atoms with Crippen LogP contribution < -0.4 is 10.6 Å². The molecule has 8 heteroatoms. The zero-order valence-electron chi connectivity index (χ0n) is 17.5. The fourth-order valence-corrected chi connectivity index (χ4v) is 3.26. The van der Waals surface area contributed by atoms with Crippen LogP contribution in [-0.2, 0) is 17.7 Å². The van der Waals surface area contributed by atoms with Crippen LogP contribution in [0.1, 0.15) is 51.4 Å². The molecule has 1 aromatic carbocycles. The highest BCUT2D eigenvalue weighted by Gasteiger charge is 2.29. The number of rotatable bonds is 8. The third kappa shape index (κ3) is 6.95. The van der Waals surface area contributed by atoms with Gasteiger partial charge in [0.15, 0.2) is 11.8 Å². The quantitative estimate of drug-likeness (QED) is 0.316. The summed E-state index contributed by atoms with van der Waals surface area (Å²) in [4.78, 5) is 9.18. The molecule has 2 N–H and O–H groups in total. The van der Waals surface area contributed by atoms with Gasteiger partial charge in [-0.05, 0) is 50.8 Å². The average Bonchev–Trinajstić information content (AvgIpc) is 3.34. The molecule has 1 aliphatic heterocycles. The lowest BCUT2D eigenvalue weighted by Gasteiger charge is -2.24. The van der Waals surface area contributed by atoms with Crippen molar-refractivity contribution in [3.8, 4) is 11.5 Å². The summed E-state index contributed by atoms with van der Waals surface area (Å²) in [6.07, 6.45) is 4.02. The summed E-state index contributed by atoms with van der Waals surface area (Å²) in [6, 6.07) is 8.09. The van der Waals surface area contributed by atoms with Crippen molar-refractivity contribution in [2.45, 2.75) is 58.6 Å². The normalized spacial score (nSPS) is 19.1. The zero-order chi connectivity index (χ0) is 19.8. The Kier molecular flexibility index (Phi) is 9.35. The molecule has 1 aromatic heterocycles. The van der Waals surface area contributed by atoms with Gasteiger partial charge in [-0.2, -0.15) is 4.98 Å². The number of nitrogens with zero attached hydrogens (tertiary/aromatic N) is 3. The van der Waals surface area contributed by atoms with Gasteiger partial charge in [-0.1, -0.05) is 24.2 Å². The van der Waals surface area contributed by atoms with Crippen LogP contribution >= 0.6 is 24.0 Å². The lowest BCUT2D eigenvalue weighted by atomic mass is 10.0. The van der Waals surface area contributed by atoms with Gasteiger partial charge in [0.1, 0.15) is 0 Å². The van der Waals surface area contributed by atoms with E-state index in [1.807, 2.05) is 12.1 Å². The van der Waals surface area contributed by atoms with Crippen LogP contribution in [0, 0.1) is 0 Å². The van der Waals surface area contributed by atoms with Crippen molar-refractivity contribution in [2.75, 3.05) is 19.7 Å². The maximum Gasteiger partial charge on any atom is 0.257 e. The van der Waals surface area contributed by atoms with Crippen LogP contribution in [0.3, 0.4) is 0 Å². The van der Waals surface area contributed by atoms with E-state index < -0.39 is 0 Å². The number of hydrogen-bond acceptors (Lipinski definition) is 5. The summed E-state index contributed by atoms with van der Waals surface area (Å²) in [5.41, 5.74) is 1.91. The molecule has 3 rings (SSSR count). The van der Waals surface area contributed by atoms with Crippen molar-refractivity contribution in [3.63, 3.8) is 0 Å². The average molecular weight is 513 g/mol. The number of aryl methyl sites for hydroxylation is 1. The van der Waals surface area contributed by atoms with Crippen molar-refractivity contribution < 1.29 is 9.26 Å². The summed E-state index contributed by atoms with van der Waals surface area (Å²) in [5.74, 6) is 2.11. The van der Waals surface area contributed by atoms with Gasteiger partial charge >= 0.3 is 0 Å². The first-order chi connectivity index (χ1) is 13.6. The van der Waals surface area contributed by atoms with Crippen molar-refractivity contribution in [3.05, 3.63) is 35.7 Å². The predicted octanol–water partition coefficient (Wildman–Crippen LogP) is 3.93.